The Hall–Kier alpha value is -2.12. The maximum absolute atomic E-state index is 12.6. The van der Waals surface area contributed by atoms with E-state index in [2.05, 4.69) is 22.0 Å². The predicted octanol–water partition coefficient (Wildman–Crippen LogP) is 4.47. The minimum atomic E-state index is -0.0179. The number of rotatable bonds is 5. The van der Waals surface area contributed by atoms with Crippen molar-refractivity contribution in [2.75, 3.05) is 6.54 Å². The molecule has 4 heteroatoms. The first-order valence-corrected chi connectivity index (χ1v) is 8.38. The smallest absolute Gasteiger partial charge is 0.227 e. The van der Waals surface area contributed by atoms with E-state index in [-0.39, 0.29) is 11.9 Å². The maximum atomic E-state index is 12.6. The minimum absolute atomic E-state index is 0.0179. The second-order valence-electron chi connectivity index (χ2n) is 5.39. The second-order valence-corrected chi connectivity index (χ2v) is 6.31. The molecule has 0 aromatic heterocycles. The van der Waals surface area contributed by atoms with E-state index < -0.39 is 0 Å². The summed E-state index contributed by atoms with van der Waals surface area (Å²) in [5.74, 6) is 0.103. The van der Waals surface area contributed by atoms with Crippen molar-refractivity contribution in [2.45, 2.75) is 26.3 Å². The normalized spacial score (nSPS) is 11.6. The molecule has 0 heterocycles. The zero-order chi connectivity index (χ0) is 16.8. The van der Waals surface area contributed by atoms with Gasteiger partial charge >= 0.3 is 0 Å². The lowest BCUT2D eigenvalue weighted by Gasteiger charge is -2.28. The largest absolute Gasteiger partial charge is 0.336 e. The molecule has 0 aliphatic heterocycles. The third kappa shape index (κ3) is 4.43. The monoisotopic (exact) mass is 370 g/mol. The summed E-state index contributed by atoms with van der Waals surface area (Å²) >= 11 is 3.40. The van der Waals surface area contributed by atoms with Crippen LogP contribution in [-0.2, 0) is 11.2 Å². The maximum Gasteiger partial charge on any atom is 0.227 e. The summed E-state index contributed by atoms with van der Waals surface area (Å²) in [5, 5.41) is 8.88. The first-order chi connectivity index (χ1) is 11.0. The molecule has 23 heavy (non-hydrogen) atoms. The fourth-order valence-corrected chi connectivity index (χ4v) is 2.83. The summed E-state index contributed by atoms with van der Waals surface area (Å²) in [6, 6.07) is 17.3. The molecule has 0 radical (unpaired) electrons. The minimum Gasteiger partial charge on any atom is -0.336 e. The summed E-state index contributed by atoms with van der Waals surface area (Å²) in [6.07, 6.45) is 0.391. The molecular weight excluding hydrogens is 352 g/mol. The van der Waals surface area contributed by atoms with E-state index in [4.69, 9.17) is 5.26 Å². The lowest BCUT2D eigenvalue weighted by atomic mass is 10.0. The second kappa shape index (κ2) is 7.94. The molecule has 0 saturated carbocycles. The van der Waals surface area contributed by atoms with Crippen LogP contribution < -0.4 is 0 Å². The Balaban J connectivity index is 2.12. The van der Waals surface area contributed by atoms with Gasteiger partial charge < -0.3 is 4.90 Å². The number of amides is 1. The Morgan fingerprint density at radius 1 is 1.17 bits per heavy atom. The Morgan fingerprint density at radius 2 is 1.78 bits per heavy atom. The summed E-state index contributed by atoms with van der Waals surface area (Å²) in [7, 11) is 0. The van der Waals surface area contributed by atoms with Crippen LogP contribution in [0.5, 0.6) is 0 Å². The van der Waals surface area contributed by atoms with Gasteiger partial charge in [-0.2, -0.15) is 5.26 Å². The number of carbonyl (C=O) groups is 1. The molecule has 2 aromatic rings. The van der Waals surface area contributed by atoms with Crippen molar-refractivity contribution in [3.8, 4) is 6.07 Å². The van der Waals surface area contributed by atoms with Crippen LogP contribution in [0.25, 0.3) is 0 Å². The summed E-state index contributed by atoms with van der Waals surface area (Å²) in [4.78, 5) is 14.5. The third-order valence-electron chi connectivity index (χ3n) is 3.92. The van der Waals surface area contributed by atoms with Crippen molar-refractivity contribution in [2.24, 2.45) is 0 Å². The molecular formula is C19H19BrN2O. The van der Waals surface area contributed by atoms with E-state index in [0.717, 1.165) is 15.6 Å². The van der Waals surface area contributed by atoms with Gasteiger partial charge in [0.25, 0.3) is 0 Å². The molecule has 0 N–H and O–H groups in total. The van der Waals surface area contributed by atoms with Crippen molar-refractivity contribution in [1.29, 1.82) is 5.26 Å². The van der Waals surface area contributed by atoms with E-state index in [1.54, 1.807) is 12.1 Å². The van der Waals surface area contributed by atoms with Crippen molar-refractivity contribution in [3.05, 3.63) is 69.7 Å². The Bertz CT molecular complexity index is 702. The van der Waals surface area contributed by atoms with Gasteiger partial charge in [0.15, 0.2) is 0 Å². The van der Waals surface area contributed by atoms with Crippen LogP contribution >= 0.6 is 15.9 Å². The van der Waals surface area contributed by atoms with E-state index in [9.17, 15) is 4.79 Å². The van der Waals surface area contributed by atoms with E-state index in [1.807, 2.05) is 55.1 Å². The van der Waals surface area contributed by atoms with Gasteiger partial charge in [-0.1, -0.05) is 40.2 Å². The highest BCUT2D eigenvalue weighted by molar-refractivity contribution is 9.10. The highest BCUT2D eigenvalue weighted by Gasteiger charge is 2.20. The molecule has 0 bridgehead atoms. The van der Waals surface area contributed by atoms with Crippen LogP contribution in [0.1, 0.15) is 36.6 Å². The van der Waals surface area contributed by atoms with E-state index in [0.29, 0.717) is 18.5 Å². The molecule has 0 fully saturated rings. The van der Waals surface area contributed by atoms with Gasteiger partial charge in [-0.3, -0.25) is 4.79 Å². The van der Waals surface area contributed by atoms with Gasteiger partial charge in [0.2, 0.25) is 5.91 Å². The van der Waals surface area contributed by atoms with Crippen LogP contribution in [0.2, 0.25) is 0 Å². The SMILES string of the molecule is CCN(C(=O)Cc1ccc(Br)cc1)C(C)c1ccc(C#N)cc1. The fraction of sp³-hybridized carbons (Fsp3) is 0.263. The molecule has 1 atom stereocenters. The molecule has 0 aliphatic carbocycles. The van der Waals surface area contributed by atoms with Crippen LogP contribution in [0, 0.1) is 11.3 Å². The average molecular weight is 371 g/mol. The van der Waals surface area contributed by atoms with Crippen molar-refractivity contribution in [1.82, 2.24) is 4.90 Å². The van der Waals surface area contributed by atoms with Gasteiger partial charge in [-0.05, 0) is 49.2 Å². The first kappa shape index (κ1) is 17.2. The number of carbonyl (C=O) groups excluding carboxylic acids is 1. The number of halogens is 1. The van der Waals surface area contributed by atoms with Crippen LogP contribution in [0.4, 0.5) is 0 Å². The number of nitriles is 1. The number of hydrogen-bond acceptors (Lipinski definition) is 2. The highest BCUT2D eigenvalue weighted by atomic mass is 79.9. The lowest BCUT2D eigenvalue weighted by molar-refractivity contribution is -0.132. The number of hydrogen-bond donors (Lipinski definition) is 0. The van der Waals surface area contributed by atoms with Gasteiger partial charge in [-0.25, -0.2) is 0 Å². The predicted molar refractivity (Wildman–Crippen MR) is 94.8 cm³/mol. The zero-order valence-electron chi connectivity index (χ0n) is 13.3. The third-order valence-corrected chi connectivity index (χ3v) is 4.45. The fourth-order valence-electron chi connectivity index (χ4n) is 2.56. The number of nitrogens with zero attached hydrogens (tertiary/aromatic N) is 2. The summed E-state index contributed by atoms with van der Waals surface area (Å²) in [5.41, 5.74) is 2.67. The van der Waals surface area contributed by atoms with E-state index in [1.165, 1.54) is 0 Å². The van der Waals surface area contributed by atoms with Crippen LogP contribution in [-0.4, -0.2) is 17.4 Å². The molecule has 0 saturated heterocycles. The summed E-state index contributed by atoms with van der Waals surface area (Å²) in [6.45, 7) is 4.65. The van der Waals surface area contributed by atoms with Crippen LogP contribution in [0.3, 0.4) is 0 Å². The molecule has 0 aliphatic rings. The highest BCUT2D eigenvalue weighted by Crippen LogP contribution is 2.22. The molecule has 1 amide bonds. The number of likely N-dealkylation sites (N-methyl/N-ethyl adjacent to an activating group) is 1. The first-order valence-electron chi connectivity index (χ1n) is 7.59. The Kier molecular flexibility index (Phi) is 5.95. The topological polar surface area (TPSA) is 44.1 Å². The molecule has 1 unspecified atom stereocenters. The van der Waals surface area contributed by atoms with Crippen molar-refractivity contribution in [3.63, 3.8) is 0 Å². The van der Waals surface area contributed by atoms with Gasteiger partial charge in [0, 0.05) is 11.0 Å². The molecule has 118 valence electrons. The molecule has 2 aromatic carbocycles. The van der Waals surface area contributed by atoms with Crippen molar-refractivity contribution < 1.29 is 4.79 Å². The van der Waals surface area contributed by atoms with E-state index >= 15 is 0 Å². The zero-order valence-corrected chi connectivity index (χ0v) is 14.9. The quantitative estimate of drug-likeness (QED) is 0.778. The Labute approximate surface area is 145 Å². The van der Waals surface area contributed by atoms with Crippen LogP contribution in [0.15, 0.2) is 53.0 Å². The molecule has 0 spiro atoms. The molecule has 3 nitrogen and oxygen atoms in total. The van der Waals surface area contributed by atoms with Crippen molar-refractivity contribution >= 4 is 21.8 Å². The lowest BCUT2D eigenvalue weighted by Crippen LogP contribution is -2.34. The van der Waals surface area contributed by atoms with Gasteiger partial charge in [-0.15, -0.1) is 0 Å². The molecule has 2 rings (SSSR count). The van der Waals surface area contributed by atoms with Gasteiger partial charge in [0.1, 0.15) is 0 Å². The average Bonchev–Trinajstić information content (AvgIpc) is 2.57. The summed E-state index contributed by atoms with van der Waals surface area (Å²) < 4.78 is 1.01. The Morgan fingerprint density at radius 3 is 2.30 bits per heavy atom. The number of benzene rings is 2. The van der Waals surface area contributed by atoms with Gasteiger partial charge in [0.05, 0.1) is 24.1 Å². The standard InChI is InChI=1S/C19H19BrN2O/c1-3-22(14(2)17-8-4-16(13-21)5-9-17)19(23)12-15-6-10-18(20)11-7-15/h4-11,14H,3,12H2,1-2H3.